The number of rotatable bonds is 6. The third-order valence-electron chi connectivity index (χ3n) is 3.93. The predicted molar refractivity (Wildman–Crippen MR) is 111 cm³/mol. The van der Waals surface area contributed by atoms with Gasteiger partial charge in [-0.3, -0.25) is 9.59 Å². The molecule has 2 amide bonds. The number of nitrogens with one attached hydrogen (secondary N) is 2. The van der Waals surface area contributed by atoms with E-state index in [4.69, 9.17) is 0 Å². The van der Waals surface area contributed by atoms with Crippen LogP contribution in [0.3, 0.4) is 0 Å². The van der Waals surface area contributed by atoms with E-state index in [0.29, 0.717) is 5.69 Å². The van der Waals surface area contributed by atoms with Crippen LogP contribution in [0.25, 0.3) is 0 Å². The fraction of sp³-hybridized carbons (Fsp3) is 0.0909. The van der Waals surface area contributed by atoms with Crippen molar-refractivity contribution in [1.82, 2.24) is 0 Å². The Labute approximate surface area is 167 Å². The van der Waals surface area contributed by atoms with Crippen LogP contribution in [-0.2, 0) is 4.79 Å². The molecule has 0 saturated carbocycles. The Morgan fingerprint density at radius 1 is 0.857 bits per heavy atom. The van der Waals surface area contributed by atoms with Crippen molar-refractivity contribution in [2.24, 2.45) is 0 Å². The van der Waals surface area contributed by atoms with Gasteiger partial charge in [0.2, 0.25) is 5.91 Å². The number of hydrogen-bond donors (Lipinski definition) is 2. The van der Waals surface area contributed by atoms with Gasteiger partial charge in [0.1, 0.15) is 5.82 Å². The summed E-state index contributed by atoms with van der Waals surface area (Å²) in [5.74, 6) is -1.20. The predicted octanol–water partition coefficient (Wildman–Crippen LogP) is 5.20. The van der Waals surface area contributed by atoms with Gasteiger partial charge >= 0.3 is 0 Å². The number of hydrogen-bond acceptors (Lipinski definition) is 3. The topological polar surface area (TPSA) is 58.2 Å². The van der Waals surface area contributed by atoms with Gasteiger partial charge in [-0.25, -0.2) is 4.39 Å². The van der Waals surface area contributed by atoms with Gasteiger partial charge in [-0.2, -0.15) is 0 Å². The molecule has 3 aromatic carbocycles. The SMILES string of the molecule is CC(Sc1cccc(NC(=O)c2ccccc2F)c1)C(=O)Nc1ccccc1. The number of benzene rings is 3. The van der Waals surface area contributed by atoms with Gasteiger partial charge in [0, 0.05) is 16.3 Å². The number of carbonyl (C=O) groups is 2. The van der Waals surface area contributed by atoms with Crippen molar-refractivity contribution >= 4 is 35.0 Å². The van der Waals surface area contributed by atoms with Crippen molar-refractivity contribution in [3.63, 3.8) is 0 Å². The Kier molecular flexibility index (Phi) is 6.45. The summed E-state index contributed by atoms with van der Waals surface area (Å²) in [6.45, 7) is 1.81. The Morgan fingerprint density at radius 3 is 2.29 bits per heavy atom. The van der Waals surface area contributed by atoms with E-state index < -0.39 is 11.7 Å². The molecule has 0 saturated heterocycles. The van der Waals surface area contributed by atoms with E-state index >= 15 is 0 Å². The van der Waals surface area contributed by atoms with E-state index in [9.17, 15) is 14.0 Å². The van der Waals surface area contributed by atoms with E-state index in [1.165, 1.54) is 30.0 Å². The molecular formula is C22H19FN2O2S. The van der Waals surface area contributed by atoms with E-state index in [0.717, 1.165) is 10.6 Å². The summed E-state index contributed by atoms with van der Waals surface area (Å²) in [6.07, 6.45) is 0. The minimum Gasteiger partial charge on any atom is -0.325 e. The zero-order chi connectivity index (χ0) is 19.9. The average Bonchev–Trinajstić information content (AvgIpc) is 2.69. The quantitative estimate of drug-likeness (QED) is 0.565. The first-order chi connectivity index (χ1) is 13.5. The van der Waals surface area contributed by atoms with Crippen LogP contribution >= 0.6 is 11.8 Å². The Hall–Kier alpha value is -3.12. The highest BCUT2D eigenvalue weighted by molar-refractivity contribution is 8.00. The summed E-state index contributed by atoms with van der Waals surface area (Å²) in [5, 5.41) is 5.22. The van der Waals surface area contributed by atoms with Gasteiger partial charge in [0.15, 0.2) is 0 Å². The van der Waals surface area contributed by atoms with Crippen molar-refractivity contribution < 1.29 is 14.0 Å². The summed E-state index contributed by atoms with van der Waals surface area (Å²) in [5.41, 5.74) is 1.26. The van der Waals surface area contributed by atoms with Crippen molar-refractivity contribution in [3.8, 4) is 0 Å². The lowest BCUT2D eigenvalue weighted by molar-refractivity contribution is -0.115. The van der Waals surface area contributed by atoms with Gasteiger partial charge in [0.05, 0.1) is 10.8 Å². The largest absolute Gasteiger partial charge is 0.325 e. The van der Waals surface area contributed by atoms with Gasteiger partial charge in [-0.15, -0.1) is 11.8 Å². The highest BCUT2D eigenvalue weighted by Gasteiger charge is 2.15. The fourth-order valence-corrected chi connectivity index (χ4v) is 3.44. The maximum atomic E-state index is 13.8. The molecule has 0 fully saturated rings. The number of carbonyl (C=O) groups excluding carboxylic acids is 2. The molecule has 0 aliphatic rings. The van der Waals surface area contributed by atoms with Crippen LogP contribution in [0, 0.1) is 5.82 Å². The molecule has 0 aliphatic heterocycles. The molecule has 4 nitrogen and oxygen atoms in total. The minimum atomic E-state index is -0.572. The molecule has 6 heteroatoms. The number of thioether (sulfide) groups is 1. The highest BCUT2D eigenvalue weighted by atomic mass is 32.2. The average molecular weight is 394 g/mol. The lowest BCUT2D eigenvalue weighted by atomic mass is 10.2. The molecule has 2 N–H and O–H groups in total. The molecule has 28 heavy (non-hydrogen) atoms. The number of halogens is 1. The van der Waals surface area contributed by atoms with E-state index in [1.807, 2.05) is 43.3 Å². The molecule has 0 heterocycles. The van der Waals surface area contributed by atoms with E-state index in [1.54, 1.807) is 24.3 Å². The Balaban J connectivity index is 1.63. The maximum Gasteiger partial charge on any atom is 0.258 e. The number of anilines is 2. The molecule has 0 spiro atoms. The molecule has 1 atom stereocenters. The lowest BCUT2D eigenvalue weighted by Crippen LogP contribution is -2.22. The summed E-state index contributed by atoms with van der Waals surface area (Å²) in [6, 6.07) is 22.2. The van der Waals surface area contributed by atoms with Crippen LogP contribution in [0.4, 0.5) is 15.8 Å². The van der Waals surface area contributed by atoms with Crippen LogP contribution in [-0.4, -0.2) is 17.1 Å². The lowest BCUT2D eigenvalue weighted by Gasteiger charge is -2.13. The van der Waals surface area contributed by atoms with Gasteiger partial charge < -0.3 is 10.6 Å². The van der Waals surface area contributed by atoms with Crippen LogP contribution in [0.2, 0.25) is 0 Å². The molecule has 0 aliphatic carbocycles. The zero-order valence-corrected chi connectivity index (χ0v) is 16.0. The molecule has 3 aromatic rings. The molecule has 1 unspecified atom stereocenters. The van der Waals surface area contributed by atoms with Crippen LogP contribution in [0.15, 0.2) is 83.8 Å². The third-order valence-corrected chi connectivity index (χ3v) is 5.03. The van der Waals surface area contributed by atoms with E-state index in [-0.39, 0.29) is 16.7 Å². The fourth-order valence-electron chi connectivity index (χ4n) is 2.51. The Bertz CT molecular complexity index is 979. The first-order valence-corrected chi connectivity index (χ1v) is 9.59. The van der Waals surface area contributed by atoms with Gasteiger partial charge in [-0.05, 0) is 49.4 Å². The smallest absolute Gasteiger partial charge is 0.258 e. The standard InChI is InChI=1S/C22H19FN2O2S/c1-15(21(26)24-16-8-3-2-4-9-16)28-18-11-7-10-17(14-18)25-22(27)19-12-5-6-13-20(19)23/h2-15H,1H3,(H,24,26)(H,25,27). The molecule has 3 rings (SSSR count). The normalized spacial score (nSPS) is 11.5. The maximum absolute atomic E-state index is 13.8. The van der Waals surface area contributed by atoms with Crippen molar-refractivity contribution in [3.05, 3.63) is 90.2 Å². The second-order valence-corrected chi connectivity index (χ2v) is 7.49. The van der Waals surface area contributed by atoms with Crippen LogP contribution < -0.4 is 10.6 Å². The summed E-state index contributed by atoms with van der Waals surface area (Å²) in [7, 11) is 0. The molecule has 0 aromatic heterocycles. The van der Waals surface area contributed by atoms with Crippen molar-refractivity contribution in [2.45, 2.75) is 17.1 Å². The molecule has 0 radical (unpaired) electrons. The molecular weight excluding hydrogens is 375 g/mol. The Morgan fingerprint density at radius 2 is 1.54 bits per heavy atom. The summed E-state index contributed by atoms with van der Waals surface area (Å²) < 4.78 is 13.8. The number of para-hydroxylation sites is 1. The first kappa shape index (κ1) is 19.6. The minimum absolute atomic E-state index is 0.0174. The first-order valence-electron chi connectivity index (χ1n) is 8.71. The van der Waals surface area contributed by atoms with Crippen LogP contribution in [0.5, 0.6) is 0 Å². The van der Waals surface area contributed by atoms with Gasteiger partial charge in [0.25, 0.3) is 5.91 Å². The number of amides is 2. The summed E-state index contributed by atoms with van der Waals surface area (Å²) in [4.78, 5) is 25.4. The summed E-state index contributed by atoms with van der Waals surface area (Å²) >= 11 is 1.37. The monoisotopic (exact) mass is 394 g/mol. The van der Waals surface area contributed by atoms with Gasteiger partial charge in [-0.1, -0.05) is 36.4 Å². The second kappa shape index (κ2) is 9.19. The van der Waals surface area contributed by atoms with Crippen molar-refractivity contribution in [2.75, 3.05) is 10.6 Å². The van der Waals surface area contributed by atoms with E-state index in [2.05, 4.69) is 10.6 Å². The highest BCUT2D eigenvalue weighted by Crippen LogP contribution is 2.27. The zero-order valence-electron chi connectivity index (χ0n) is 15.2. The van der Waals surface area contributed by atoms with Crippen LogP contribution in [0.1, 0.15) is 17.3 Å². The molecule has 142 valence electrons. The second-order valence-electron chi connectivity index (χ2n) is 6.08. The van der Waals surface area contributed by atoms with Crippen molar-refractivity contribution in [1.29, 1.82) is 0 Å². The molecule has 0 bridgehead atoms. The third kappa shape index (κ3) is 5.20.